The van der Waals surface area contributed by atoms with Crippen LogP contribution >= 0.6 is 0 Å². The lowest BCUT2D eigenvalue weighted by Gasteiger charge is -2.19. The Morgan fingerprint density at radius 1 is 1.44 bits per heavy atom. The van der Waals surface area contributed by atoms with E-state index in [4.69, 9.17) is 0 Å². The first-order valence-electron chi connectivity index (χ1n) is 6.74. The topological polar surface area (TPSA) is 41.1 Å². The molecule has 1 aromatic rings. The zero-order valence-corrected chi connectivity index (χ0v) is 11.0. The van der Waals surface area contributed by atoms with Crippen molar-refractivity contribution in [2.45, 2.75) is 33.1 Å². The van der Waals surface area contributed by atoms with Gasteiger partial charge in [0.15, 0.2) is 0 Å². The van der Waals surface area contributed by atoms with Crippen LogP contribution in [0.2, 0.25) is 0 Å². The van der Waals surface area contributed by atoms with Gasteiger partial charge in [0, 0.05) is 23.8 Å². The number of nitrogens with one attached hydrogen (secondary N) is 2. The Morgan fingerprint density at radius 2 is 2.22 bits per heavy atom. The number of carbonyl (C=O) groups is 1. The van der Waals surface area contributed by atoms with E-state index in [1.165, 1.54) is 17.7 Å². The summed E-state index contributed by atoms with van der Waals surface area (Å²) in [4.78, 5) is 12.0. The average molecular weight is 244 g/mol. The predicted molar refractivity (Wildman–Crippen MR) is 73.8 cm³/mol. The van der Waals surface area contributed by atoms with Gasteiger partial charge in [-0.15, -0.1) is 0 Å². The maximum atomic E-state index is 12.0. The summed E-state index contributed by atoms with van der Waals surface area (Å²) in [7, 11) is 0. The minimum absolute atomic E-state index is 0.163. The Morgan fingerprint density at radius 3 is 2.94 bits per heavy atom. The number of anilines is 2. The summed E-state index contributed by atoms with van der Waals surface area (Å²) in [6.45, 7) is 5.32. The van der Waals surface area contributed by atoms with E-state index in [0.29, 0.717) is 0 Å². The zero-order valence-electron chi connectivity index (χ0n) is 11.0. The summed E-state index contributed by atoms with van der Waals surface area (Å²) in [5.74, 6) is 0.345. The Bertz CT molecular complexity index is 493. The monoisotopic (exact) mass is 244 g/mol. The molecule has 0 bridgehead atoms. The minimum atomic E-state index is 0.163. The van der Waals surface area contributed by atoms with Gasteiger partial charge in [-0.2, -0.15) is 0 Å². The number of benzene rings is 1. The van der Waals surface area contributed by atoms with Crippen LogP contribution < -0.4 is 10.6 Å². The first-order valence-corrected chi connectivity index (χ1v) is 6.74. The molecule has 1 heterocycles. The van der Waals surface area contributed by atoms with Crippen molar-refractivity contribution >= 4 is 17.3 Å². The summed E-state index contributed by atoms with van der Waals surface area (Å²) in [6, 6.07) is 6.19. The molecule has 96 valence electrons. The van der Waals surface area contributed by atoms with Gasteiger partial charge in [0.05, 0.1) is 0 Å². The molecule has 1 amide bonds. The summed E-state index contributed by atoms with van der Waals surface area (Å²) < 4.78 is 0. The molecule has 3 rings (SSSR count). The van der Waals surface area contributed by atoms with Gasteiger partial charge in [-0.3, -0.25) is 4.79 Å². The molecule has 1 aliphatic heterocycles. The first kappa shape index (κ1) is 11.6. The molecule has 1 saturated carbocycles. The quantitative estimate of drug-likeness (QED) is 0.839. The van der Waals surface area contributed by atoms with Crippen LogP contribution in [-0.2, 0) is 11.2 Å². The molecule has 1 aromatic carbocycles. The maximum Gasteiger partial charge on any atom is 0.228 e. The van der Waals surface area contributed by atoms with Crippen LogP contribution in [0, 0.1) is 11.3 Å². The number of carbonyl (C=O) groups excluding carboxylic acids is 1. The second kappa shape index (κ2) is 4.01. The van der Waals surface area contributed by atoms with Crippen molar-refractivity contribution in [1.29, 1.82) is 0 Å². The van der Waals surface area contributed by atoms with Crippen LogP contribution in [0.25, 0.3) is 0 Å². The second-order valence-electron chi connectivity index (χ2n) is 6.14. The molecule has 0 saturated heterocycles. The Labute approximate surface area is 108 Å². The molecule has 3 heteroatoms. The van der Waals surface area contributed by atoms with Gasteiger partial charge in [-0.1, -0.05) is 19.9 Å². The van der Waals surface area contributed by atoms with Gasteiger partial charge < -0.3 is 10.6 Å². The number of rotatable bonds is 2. The third-order valence-corrected chi connectivity index (χ3v) is 4.15. The number of aryl methyl sites for hydroxylation is 1. The fourth-order valence-corrected chi connectivity index (χ4v) is 2.68. The second-order valence-corrected chi connectivity index (χ2v) is 6.14. The fraction of sp³-hybridized carbons (Fsp3) is 0.533. The van der Waals surface area contributed by atoms with E-state index >= 15 is 0 Å². The van der Waals surface area contributed by atoms with Gasteiger partial charge in [0.1, 0.15) is 0 Å². The molecular weight excluding hydrogens is 224 g/mol. The lowest BCUT2D eigenvalue weighted by Crippen LogP contribution is -2.17. The Hall–Kier alpha value is -1.51. The first-order chi connectivity index (χ1) is 8.56. The maximum absolute atomic E-state index is 12.0. The number of hydrogen-bond donors (Lipinski definition) is 2. The molecule has 0 spiro atoms. The van der Waals surface area contributed by atoms with Gasteiger partial charge >= 0.3 is 0 Å². The summed E-state index contributed by atoms with van der Waals surface area (Å²) in [6.07, 6.45) is 3.32. The standard InChI is InChI=1S/C15H20N2O/c1-15(2)9-12(15)14(18)17-11-6-5-10-4-3-7-16-13(10)8-11/h5-6,8,12,16H,3-4,7,9H2,1-2H3,(H,17,18). The van der Waals surface area contributed by atoms with Crippen molar-refractivity contribution in [3.63, 3.8) is 0 Å². The van der Waals surface area contributed by atoms with Crippen LogP contribution in [0.15, 0.2) is 18.2 Å². The van der Waals surface area contributed by atoms with E-state index in [9.17, 15) is 4.79 Å². The largest absolute Gasteiger partial charge is 0.385 e. The van der Waals surface area contributed by atoms with E-state index in [-0.39, 0.29) is 17.2 Å². The van der Waals surface area contributed by atoms with Crippen molar-refractivity contribution in [3.8, 4) is 0 Å². The van der Waals surface area contributed by atoms with Gasteiger partial charge in [-0.25, -0.2) is 0 Å². The van der Waals surface area contributed by atoms with Crippen LogP contribution in [0.4, 0.5) is 11.4 Å². The Kier molecular flexibility index (Phi) is 2.58. The number of hydrogen-bond acceptors (Lipinski definition) is 2. The molecule has 1 fully saturated rings. The van der Waals surface area contributed by atoms with Crippen LogP contribution in [0.3, 0.4) is 0 Å². The normalized spacial score (nSPS) is 23.8. The number of fused-ring (bicyclic) bond motifs is 1. The summed E-state index contributed by atoms with van der Waals surface area (Å²) in [5.41, 5.74) is 3.63. The smallest absolute Gasteiger partial charge is 0.228 e. The molecule has 18 heavy (non-hydrogen) atoms. The van der Waals surface area contributed by atoms with Crippen molar-refractivity contribution in [3.05, 3.63) is 23.8 Å². The van der Waals surface area contributed by atoms with E-state index < -0.39 is 0 Å². The fourth-order valence-electron chi connectivity index (χ4n) is 2.68. The highest BCUT2D eigenvalue weighted by Crippen LogP contribution is 2.52. The predicted octanol–water partition coefficient (Wildman–Crippen LogP) is 3.03. The van der Waals surface area contributed by atoms with E-state index in [2.05, 4.69) is 36.6 Å². The van der Waals surface area contributed by atoms with Crippen molar-refractivity contribution in [2.75, 3.05) is 17.2 Å². The van der Waals surface area contributed by atoms with Crippen molar-refractivity contribution < 1.29 is 4.79 Å². The lowest BCUT2D eigenvalue weighted by atomic mass is 10.0. The zero-order chi connectivity index (χ0) is 12.8. The molecule has 2 N–H and O–H groups in total. The highest BCUT2D eigenvalue weighted by molar-refractivity contribution is 5.95. The molecule has 0 radical (unpaired) electrons. The number of amides is 1. The summed E-state index contributed by atoms with van der Waals surface area (Å²) >= 11 is 0. The third-order valence-electron chi connectivity index (χ3n) is 4.15. The van der Waals surface area contributed by atoms with E-state index in [1.54, 1.807) is 0 Å². The van der Waals surface area contributed by atoms with Gasteiger partial charge in [0.2, 0.25) is 5.91 Å². The van der Waals surface area contributed by atoms with Crippen LogP contribution in [-0.4, -0.2) is 12.5 Å². The Balaban J connectivity index is 1.72. The van der Waals surface area contributed by atoms with Crippen LogP contribution in [0.1, 0.15) is 32.3 Å². The highest BCUT2D eigenvalue weighted by atomic mass is 16.2. The van der Waals surface area contributed by atoms with E-state index in [1.807, 2.05) is 6.07 Å². The SMILES string of the molecule is CC1(C)CC1C(=O)Nc1ccc2c(c1)NCCC2. The minimum Gasteiger partial charge on any atom is -0.385 e. The van der Waals surface area contributed by atoms with Crippen molar-refractivity contribution in [2.24, 2.45) is 11.3 Å². The average Bonchev–Trinajstić information content (AvgIpc) is 2.98. The van der Waals surface area contributed by atoms with Gasteiger partial charge in [-0.05, 0) is 42.4 Å². The molecule has 1 unspecified atom stereocenters. The molecule has 0 aromatic heterocycles. The van der Waals surface area contributed by atoms with Crippen molar-refractivity contribution in [1.82, 2.24) is 0 Å². The molecule has 1 aliphatic carbocycles. The van der Waals surface area contributed by atoms with Crippen LogP contribution in [0.5, 0.6) is 0 Å². The third kappa shape index (κ3) is 2.09. The van der Waals surface area contributed by atoms with E-state index in [0.717, 1.165) is 25.1 Å². The summed E-state index contributed by atoms with van der Waals surface area (Å²) in [5, 5.41) is 6.42. The molecule has 2 aliphatic rings. The highest BCUT2D eigenvalue weighted by Gasteiger charge is 2.50. The molecule has 3 nitrogen and oxygen atoms in total. The molecular formula is C15H20N2O. The van der Waals surface area contributed by atoms with Gasteiger partial charge in [0.25, 0.3) is 0 Å². The lowest BCUT2D eigenvalue weighted by molar-refractivity contribution is -0.117. The molecule has 1 atom stereocenters.